The molecule has 89 valence electrons. The largest absolute Gasteiger partial charge is 0.306 e. The van der Waals surface area contributed by atoms with Crippen molar-refractivity contribution in [3.8, 4) is 0 Å². The highest BCUT2D eigenvalue weighted by Gasteiger charge is 2.33. The zero-order valence-electron chi connectivity index (χ0n) is 10.9. The molecule has 0 unspecified atom stereocenters. The van der Waals surface area contributed by atoms with Gasteiger partial charge in [0.1, 0.15) is 0 Å². The molecule has 0 aromatic rings. The summed E-state index contributed by atoms with van der Waals surface area (Å²) in [6, 6.07) is 0. The Kier molecular flexibility index (Phi) is 3.53. The van der Waals surface area contributed by atoms with Crippen LogP contribution in [0.5, 0.6) is 0 Å². The van der Waals surface area contributed by atoms with E-state index in [1.54, 1.807) is 5.57 Å². The molecule has 1 radical (unpaired) electrons. The number of likely N-dealkylation sites (tertiary alicyclic amines) is 1. The van der Waals surface area contributed by atoms with Crippen molar-refractivity contribution in [2.24, 2.45) is 11.3 Å². The third kappa shape index (κ3) is 2.40. The van der Waals surface area contributed by atoms with E-state index in [9.17, 15) is 0 Å². The first kappa shape index (κ1) is 11.9. The molecule has 0 N–H and O–H groups in total. The lowest BCUT2D eigenvalue weighted by Gasteiger charge is -2.41. The molecule has 1 fully saturated rings. The fourth-order valence-electron chi connectivity index (χ4n) is 2.96. The summed E-state index contributed by atoms with van der Waals surface area (Å²) in [6.45, 7) is 7.36. The first-order valence-corrected chi connectivity index (χ1v) is 6.50. The maximum absolute atomic E-state index is 2.45. The molecule has 1 aliphatic carbocycles. The van der Waals surface area contributed by atoms with Crippen LogP contribution in [0.2, 0.25) is 0 Å². The van der Waals surface area contributed by atoms with Gasteiger partial charge in [0.15, 0.2) is 0 Å². The Morgan fingerprint density at radius 3 is 2.50 bits per heavy atom. The van der Waals surface area contributed by atoms with Gasteiger partial charge in [-0.2, -0.15) is 0 Å². The van der Waals surface area contributed by atoms with Crippen LogP contribution in [0.4, 0.5) is 0 Å². The standard InChI is InChI=1S/C15H24N/c1-15(2,13-7-5-4-6-8-13)14-9-11-16(3)12-10-14/h4-5,7-8,14H,6,9-12H2,1-3H3. The molecule has 0 aromatic carbocycles. The Hall–Kier alpha value is -0.560. The number of hydrogen-bond donors (Lipinski definition) is 0. The summed E-state index contributed by atoms with van der Waals surface area (Å²) < 4.78 is 0. The van der Waals surface area contributed by atoms with Crippen LogP contribution in [0.15, 0.2) is 23.8 Å². The minimum absolute atomic E-state index is 0.353. The maximum atomic E-state index is 2.45. The molecule has 2 aliphatic rings. The molecule has 0 spiro atoms. The number of piperidine rings is 1. The highest BCUT2D eigenvalue weighted by atomic mass is 15.1. The second-order valence-electron chi connectivity index (χ2n) is 5.79. The summed E-state index contributed by atoms with van der Waals surface area (Å²) in [4.78, 5) is 2.45. The zero-order valence-corrected chi connectivity index (χ0v) is 10.9. The monoisotopic (exact) mass is 218 g/mol. The van der Waals surface area contributed by atoms with Crippen molar-refractivity contribution >= 4 is 0 Å². The predicted molar refractivity (Wildman–Crippen MR) is 70.1 cm³/mol. The van der Waals surface area contributed by atoms with Crippen LogP contribution >= 0.6 is 0 Å². The van der Waals surface area contributed by atoms with Crippen molar-refractivity contribution in [3.63, 3.8) is 0 Å². The molecule has 1 saturated heterocycles. The van der Waals surface area contributed by atoms with E-state index in [0.29, 0.717) is 5.41 Å². The third-order valence-electron chi connectivity index (χ3n) is 4.37. The van der Waals surface area contributed by atoms with Gasteiger partial charge in [0.05, 0.1) is 0 Å². The Morgan fingerprint density at radius 2 is 1.94 bits per heavy atom. The Labute approximate surface area is 100 Å². The van der Waals surface area contributed by atoms with Crippen LogP contribution in [0.25, 0.3) is 0 Å². The van der Waals surface area contributed by atoms with Gasteiger partial charge in [-0.3, -0.25) is 0 Å². The average molecular weight is 218 g/mol. The van der Waals surface area contributed by atoms with Crippen molar-refractivity contribution in [2.45, 2.75) is 33.1 Å². The molecule has 1 heterocycles. The summed E-state index contributed by atoms with van der Waals surface area (Å²) in [7, 11) is 2.23. The summed E-state index contributed by atoms with van der Waals surface area (Å²) >= 11 is 0. The van der Waals surface area contributed by atoms with E-state index >= 15 is 0 Å². The summed E-state index contributed by atoms with van der Waals surface area (Å²) in [5.41, 5.74) is 1.90. The highest BCUT2D eigenvalue weighted by Crippen LogP contribution is 2.42. The lowest BCUT2D eigenvalue weighted by atomic mass is 9.68. The third-order valence-corrected chi connectivity index (χ3v) is 4.37. The predicted octanol–water partition coefficient (Wildman–Crippen LogP) is 3.44. The lowest BCUT2D eigenvalue weighted by Crippen LogP contribution is -2.37. The number of rotatable bonds is 2. The van der Waals surface area contributed by atoms with E-state index in [4.69, 9.17) is 0 Å². The maximum Gasteiger partial charge on any atom is -0.00188 e. The Bertz CT molecular complexity index is 291. The van der Waals surface area contributed by atoms with Crippen LogP contribution in [0.1, 0.15) is 33.1 Å². The van der Waals surface area contributed by atoms with Crippen LogP contribution in [-0.2, 0) is 0 Å². The molecule has 0 saturated carbocycles. The molecule has 16 heavy (non-hydrogen) atoms. The first-order chi connectivity index (χ1) is 7.60. The van der Waals surface area contributed by atoms with Gasteiger partial charge < -0.3 is 4.90 Å². The van der Waals surface area contributed by atoms with Crippen molar-refractivity contribution in [2.75, 3.05) is 20.1 Å². The molecule has 0 amide bonds. The molecule has 0 atom stereocenters. The second kappa shape index (κ2) is 4.75. The molecule has 1 nitrogen and oxygen atoms in total. The molecular weight excluding hydrogens is 194 g/mol. The van der Waals surface area contributed by atoms with Crippen LogP contribution in [0, 0.1) is 17.8 Å². The van der Waals surface area contributed by atoms with Gasteiger partial charge in [-0.1, -0.05) is 32.1 Å². The molecule has 2 rings (SSSR count). The van der Waals surface area contributed by atoms with Crippen molar-refractivity contribution in [3.05, 3.63) is 30.2 Å². The fraction of sp³-hybridized carbons (Fsp3) is 0.667. The molecular formula is C15H24N. The summed E-state index contributed by atoms with van der Waals surface area (Å²) in [5, 5.41) is 0. The van der Waals surface area contributed by atoms with Gasteiger partial charge in [-0.05, 0) is 62.7 Å². The van der Waals surface area contributed by atoms with Gasteiger partial charge in [-0.25, -0.2) is 0 Å². The number of allylic oxidation sites excluding steroid dienone is 4. The summed E-state index contributed by atoms with van der Waals surface area (Å²) in [5.74, 6) is 0.845. The van der Waals surface area contributed by atoms with Gasteiger partial charge >= 0.3 is 0 Å². The first-order valence-electron chi connectivity index (χ1n) is 6.50. The molecule has 0 aromatic heterocycles. The van der Waals surface area contributed by atoms with Crippen molar-refractivity contribution in [1.29, 1.82) is 0 Å². The van der Waals surface area contributed by atoms with Gasteiger partial charge in [-0.15, -0.1) is 0 Å². The van der Waals surface area contributed by atoms with E-state index < -0.39 is 0 Å². The molecule has 0 bridgehead atoms. The summed E-state index contributed by atoms with van der Waals surface area (Å²) in [6.07, 6.45) is 13.0. The van der Waals surface area contributed by atoms with E-state index in [0.717, 1.165) is 12.3 Å². The SMILES string of the molecule is CN1CCC(C(C)(C)C2=CC[CH]C=C2)CC1. The smallest absolute Gasteiger partial charge is 0.00188 e. The Morgan fingerprint density at radius 1 is 1.25 bits per heavy atom. The topological polar surface area (TPSA) is 3.24 Å². The number of nitrogens with zero attached hydrogens (tertiary/aromatic N) is 1. The van der Waals surface area contributed by atoms with Crippen LogP contribution in [-0.4, -0.2) is 25.0 Å². The molecule has 1 heteroatoms. The van der Waals surface area contributed by atoms with Crippen LogP contribution < -0.4 is 0 Å². The van der Waals surface area contributed by atoms with Gasteiger partial charge in [0.25, 0.3) is 0 Å². The fourth-order valence-corrected chi connectivity index (χ4v) is 2.96. The normalized spacial score (nSPS) is 24.6. The van der Waals surface area contributed by atoms with Gasteiger partial charge in [0.2, 0.25) is 0 Å². The van der Waals surface area contributed by atoms with E-state index in [2.05, 4.69) is 50.4 Å². The Balaban J connectivity index is 2.06. The zero-order chi connectivity index (χ0) is 11.6. The average Bonchev–Trinajstić information content (AvgIpc) is 2.31. The van der Waals surface area contributed by atoms with E-state index in [1.165, 1.54) is 25.9 Å². The van der Waals surface area contributed by atoms with Crippen molar-refractivity contribution < 1.29 is 0 Å². The van der Waals surface area contributed by atoms with E-state index in [-0.39, 0.29) is 0 Å². The lowest BCUT2D eigenvalue weighted by molar-refractivity contribution is 0.142. The minimum Gasteiger partial charge on any atom is -0.306 e. The van der Waals surface area contributed by atoms with Crippen molar-refractivity contribution in [1.82, 2.24) is 4.90 Å². The van der Waals surface area contributed by atoms with E-state index in [1.807, 2.05) is 0 Å². The van der Waals surface area contributed by atoms with Crippen LogP contribution in [0.3, 0.4) is 0 Å². The minimum atomic E-state index is 0.353. The van der Waals surface area contributed by atoms with Gasteiger partial charge in [0, 0.05) is 0 Å². The highest BCUT2D eigenvalue weighted by molar-refractivity contribution is 5.32. The molecule has 1 aliphatic heterocycles. The number of hydrogen-bond acceptors (Lipinski definition) is 1. The quantitative estimate of drug-likeness (QED) is 0.686. The second-order valence-corrected chi connectivity index (χ2v) is 5.79.